The Kier molecular flexibility index (Phi) is 5.18. The monoisotopic (exact) mass is 369 g/mol. The van der Waals surface area contributed by atoms with Crippen molar-refractivity contribution in [3.63, 3.8) is 0 Å². The number of ether oxygens (including phenoxy) is 1. The van der Waals surface area contributed by atoms with E-state index in [2.05, 4.69) is 10.3 Å². The lowest BCUT2D eigenvalue weighted by molar-refractivity contribution is -0.124. The van der Waals surface area contributed by atoms with Crippen LogP contribution in [0.1, 0.15) is 18.5 Å². The Balaban J connectivity index is 1.86. The lowest BCUT2D eigenvalue weighted by Crippen LogP contribution is -2.36. The average molecular weight is 369 g/mol. The summed E-state index contributed by atoms with van der Waals surface area (Å²) in [5, 5.41) is 3.33. The first kappa shape index (κ1) is 17.9. The summed E-state index contributed by atoms with van der Waals surface area (Å²) in [7, 11) is 1.58. The summed E-state index contributed by atoms with van der Waals surface area (Å²) in [5.41, 5.74) is 1.22. The van der Waals surface area contributed by atoms with Crippen molar-refractivity contribution < 1.29 is 9.53 Å². The van der Waals surface area contributed by atoms with Gasteiger partial charge in [-0.1, -0.05) is 30.3 Å². The molecule has 0 aliphatic rings. The van der Waals surface area contributed by atoms with Crippen LogP contribution in [0.25, 0.3) is 10.9 Å². The number of rotatable bonds is 5. The van der Waals surface area contributed by atoms with Gasteiger partial charge in [0.2, 0.25) is 5.91 Å². The second-order valence-electron chi connectivity index (χ2n) is 5.86. The predicted octanol–water partition coefficient (Wildman–Crippen LogP) is 2.95. The molecule has 1 heterocycles. The van der Waals surface area contributed by atoms with Gasteiger partial charge in [0.1, 0.15) is 11.8 Å². The highest BCUT2D eigenvalue weighted by Crippen LogP contribution is 2.17. The number of carbonyl (C=O) groups is 1. The number of benzene rings is 2. The molecule has 1 atom stereocenters. The molecule has 0 radical (unpaired) electrons. The van der Waals surface area contributed by atoms with Crippen LogP contribution >= 0.6 is 12.2 Å². The molecule has 1 amide bonds. The topological polar surface area (TPSA) is 76.1 Å². The molecule has 3 rings (SSSR count). The molecule has 0 spiro atoms. The van der Waals surface area contributed by atoms with Gasteiger partial charge in [-0.25, -0.2) is 0 Å². The van der Waals surface area contributed by atoms with Gasteiger partial charge in [-0.05, 0) is 37.3 Å². The maximum Gasteiger partial charge on any atom is 0.262 e. The number of hydrogen-bond donors (Lipinski definition) is 2. The zero-order valence-electron chi connectivity index (χ0n) is 14.5. The Hall–Kier alpha value is -2.93. The molecule has 3 aromatic rings. The van der Waals surface area contributed by atoms with Crippen LogP contribution in [0.2, 0.25) is 0 Å². The normalized spacial score (nSPS) is 11.9. The molecule has 0 bridgehead atoms. The fraction of sp³-hybridized carbons (Fsp3) is 0.211. The second-order valence-corrected chi connectivity index (χ2v) is 6.24. The number of aromatic amines is 1. The van der Waals surface area contributed by atoms with Crippen LogP contribution in [0.4, 0.5) is 0 Å². The van der Waals surface area contributed by atoms with Crippen LogP contribution < -0.4 is 15.6 Å². The molecule has 6 nitrogen and oxygen atoms in total. The van der Waals surface area contributed by atoms with E-state index in [1.54, 1.807) is 32.2 Å². The zero-order valence-corrected chi connectivity index (χ0v) is 15.3. The van der Waals surface area contributed by atoms with Gasteiger partial charge in [-0.15, -0.1) is 0 Å². The van der Waals surface area contributed by atoms with Crippen LogP contribution in [0.5, 0.6) is 5.75 Å². The van der Waals surface area contributed by atoms with Crippen molar-refractivity contribution in [2.75, 3.05) is 7.11 Å². The molecule has 0 aliphatic heterocycles. The molecule has 134 valence electrons. The fourth-order valence-electron chi connectivity index (χ4n) is 2.82. The number of para-hydroxylation sites is 2. The molecular weight excluding hydrogens is 350 g/mol. The maximum absolute atomic E-state index is 12.7. The highest BCUT2D eigenvalue weighted by Gasteiger charge is 2.19. The summed E-state index contributed by atoms with van der Waals surface area (Å²) in [6.07, 6.45) is 0. The van der Waals surface area contributed by atoms with Gasteiger partial charge in [0.15, 0.2) is 4.77 Å². The molecule has 26 heavy (non-hydrogen) atoms. The van der Waals surface area contributed by atoms with E-state index in [1.807, 2.05) is 30.3 Å². The number of hydrogen-bond acceptors (Lipinski definition) is 4. The number of nitrogens with zero attached hydrogens (tertiary/aromatic N) is 1. The van der Waals surface area contributed by atoms with E-state index in [9.17, 15) is 9.59 Å². The first-order valence-corrected chi connectivity index (χ1v) is 8.57. The van der Waals surface area contributed by atoms with Crippen LogP contribution in [0, 0.1) is 4.77 Å². The van der Waals surface area contributed by atoms with Crippen molar-refractivity contribution in [3.8, 4) is 5.75 Å². The van der Waals surface area contributed by atoms with E-state index < -0.39 is 6.04 Å². The van der Waals surface area contributed by atoms with Crippen molar-refractivity contribution in [2.24, 2.45) is 0 Å². The number of aromatic nitrogens is 2. The van der Waals surface area contributed by atoms with Gasteiger partial charge in [-0.2, -0.15) is 0 Å². The van der Waals surface area contributed by atoms with Gasteiger partial charge < -0.3 is 15.0 Å². The third-order valence-electron chi connectivity index (χ3n) is 4.25. The van der Waals surface area contributed by atoms with Gasteiger partial charge in [0.25, 0.3) is 5.56 Å². The van der Waals surface area contributed by atoms with Gasteiger partial charge in [-0.3, -0.25) is 14.2 Å². The molecule has 0 saturated heterocycles. The van der Waals surface area contributed by atoms with E-state index in [0.717, 1.165) is 5.56 Å². The van der Waals surface area contributed by atoms with Crippen molar-refractivity contribution in [3.05, 3.63) is 69.2 Å². The number of fused-ring (bicyclic) bond motifs is 1. The number of carbonyl (C=O) groups excluding carboxylic acids is 1. The van der Waals surface area contributed by atoms with Crippen molar-refractivity contribution >= 4 is 29.0 Å². The number of nitrogens with one attached hydrogen (secondary N) is 2. The summed E-state index contributed by atoms with van der Waals surface area (Å²) in [4.78, 5) is 28.3. The van der Waals surface area contributed by atoms with Crippen molar-refractivity contribution in [2.45, 2.75) is 19.5 Å². The van der Waals surface area contributed by atoms with Crippen molar-refractivity contribution in [1.29, 1.82) is 0 Å². The fourth-order valence-corrected chi connectivity index (χ4v) is 3.18. The third kappa shape index (κ3) is 3.39. The summed E-state index contributed by atoms with van der Waals surface area (Å²) in [6, 6.07) is 13.8. The third-order valence-corrected chi connectivity index (χ3v) is 4.55. The minimum Gasteiger partial charge on any atom is -0.496 e. The van der Waals surface area contributed by atoms with Crippen molar-refractivity contribution in [1.82, 2.24) is 14.9 Å². The lowest BCUT2D eigenvalue weighted by Gasteiger charge is -2.16. The van der Waals surface area contributed by atoms with Gasteiger partial charge in [0.05, 0.1) is 18.0 Å². The van der Waals surface area contributed by atoms with Crippen LogP contribution in [0.3, 0.4) is 0 Å². The Labute approximate surface area is 155 Å². The molecule has 1 aromatic heterocycles. The van der Waals surface area contributed by atoms with Crippen LogP contribution in [0.15, 0.2) is 53.3 Å². The van der Waals surface area contributed by atoms with Gasteiger partial charge in [0, 0.05) is 12.1 Å². The average Bonchev–Trinajstić information content (AvgIpc) is 2.66. The molecular formula is C19H19N3O3S. The molecule has 2 aromatic carbocycles. The number of methoxy groups -OCH3 is 1. The number of amides is 1. The first-order valence-electron chi connectivity index (χ1n) is 8.16. The second kappa shape index (κ2) is 7.53. The summed E-state index contributed by atoms with van der Waals surface area (Å²) in [5.74, 6) is 0.397. The van der Waals surface area contributed by atoms with E-state index in [0.29, 0.717) is 23.2 Å². The maximum atomic E-state index is 12.7. The minimum absolute atomic E-state index is 0.216. The van der Waals surface area contributed by atoms with E-state index in [1.165, 1.54) is 4.57 Å². The molecule has 2 N–H and O–H groups in total. The molecule has 0 aliphatic carbocycles. The van der Waals surface area contributed by atoms with E-state index in [4.69, 9.17) is 17.0 Å². The Morgan fingerprint density at radius 1 is 1.23 bits per heavy atom. The highest BCUT2D eigenvalue weighted by molar-refractivity contribution is 7.71. The Bertz CT molecular complexity index is 1070. The standard InChI is InChI=1S/C19H19N3O3S/c1-12(17(23)20-11-13-7-3-6-10-16(13)25-2)22-18(24)14-8-4-5-9-15(14)21-19(22)26/h3-10,12H,11H2,1-2H3,(H,20,23)(H,21,26)/t12-/m1/s1. The Morgan fingerprint density at radius 3 is 2.69 bits per heavy atom. The SMILES string of the molecule is COc1ccccc1CNC(=O)[C@@H](C)n1c(=S)[nH]c2ccccc2c1=O. The first-order chi connectivity index (χ1) is 12.5. The summed E-state index contributed by atoms with van der Waals surface area (Å²) in [6.45, 7) is 1.95. The highest BCUT2D eigenvalue weighted by atomic mass is 32.1. The Morgan fingerprint density at radius 2 is 1.92 bits per heavy atom. The molecule has 0 unspecified atom stereocenters. The minimum atomic E-state index is -0.745. The predicted molar refractivity (Wildman–Crippen MR) is 103 cm³/mol. The lowest BCUT2D eigenvalue weighted by atomic mass is 10.2. The quantitative estimate of drug-likeness (QED) is 0.678. The van der Waals surface area contributed by atoms with E-state index >= 15 is 0 Å². The molecule has 0 saturated carbocycles. The molecule has 7 heteroatoms. The van der Waals surface area contributed by atoms with E-state index in [-0.39, 0.29) is 16.2 Å². The summed E-state index contributed by atoms with van der Waals surface area (Å²) < 4.78 is 6.80. The van der Waals surface area contributed by atoms with Crippen LogP contribution in [-0.4, -0.2) is 22.6 Å². The van der Waals surface area contributed by atoms with Crippen LogP contribution in [-0.2, 0) is 11.3 Å². The van der Waals surface area contributed by atoms with Gasteiger partial charge >= 0.3 is 0 Å². The molecule has 0 fully saturated rings. The smallest absolute Gasteiger partial charge is 0.262 e. The largest absolute Gasteiger partial charge is 0.496 e. The zero-order chi connectivity index (χ0) is 18.7. The summed E-state index contributed by atoms with van der Waals surface area (Å²) >= 11 is 5.29. The number of H-pyrrole nitrogens is 1.